The normalized spacial score (nSPS) is 14.5. The van der Waals surface area contributed by atoms with E-state index in [0.29, 0.717) is 0 Å². The molecule has 2 aromatic carbocycles. The molecule has 31 heavy (non-hydrogen) atoms. The zero-order valence-electron chi connectivity index (χ0n) is 18.6. The number of aromatic nitrogens is 4. The van der Waals surface area contributed by atoms with Crippen molar-refractivity contribution < 1.29 is 0 Å². The first kappa shape index (κ1) is 19.5. The number of rotatable bonds is 3. The molecule has 4 aromatic rings. The monoisotopic (exact) mass is 412 g/mol. The lowest BCUT2D eigenvalue weighted by Gasteiger charge is -2.38. The Labute approximate surface area is 183 Å². The molecule has 158 valence electrons. The van der Waals surface area contributed by atoms with Gasteiger partial charge in [-0.25, -0.2) is 14.6 Å². The van der Waals surface area contributed by atoms with Gasteiger partial charge >= 0.3 is 0 Å². The van der Waals surface area contributed by atoms with E-state index in [-0.39, 0.29) is 0 Å². The van der Waals surface area contributed by atoms with Crippen LogP contribution in [-0.2, 0) is 0 Å². The fourth-order valence-corrected chi connectivity index (χ4v) is 4.40. The molecule has 0 N–H and O–H groups in total. The largest absolute Gasteiger partial charge is 0.368 e. The van der Waals surface area contributed by atoms with Gasteiger partial charge in [0.25, 0.3) is 0 Å². The van der Waals surface area contributed by atoms with Crippen molar-refractivity contribution in [1.29, 1.82) is 0 Å². The van der Waals surface area contributed by atoms with E-state index in [1.807, 2.05) is 35.9 Å². The van der Waals surface area contributed by atoms with E-state index in [1.165, 1.54) is 16.8 Å². The van der Waals surface area contributed by atoms with E-state index >= 15 is 0 Å². The summed E-state index contributed by atoms with van der Waals surface area (Å²) in [7, 11) is 0. The van der Waals surface area contributed by atoms with Crippen LogP contribution in [0.5, 0.6) is 0 Å². The number of hydrogen-bond acceptors (Lipinski definition) is 5. The maximum atomic E-state index is 5.04. The van der Waals surface area contributed by atoms with Gasteiger partial charge in [0.05, 0.1) is 16.7 Å². The standard InChI is InChI=1S/C25H28N6/c1-17-9-10-18(2)23(15-17)29-11-13-30(14-12-29)24-25(31-20(4)16-19(3)28-31)27-22-8-6-5-7-21(22)26-24/h5-10,15-16H,11-14H2,1-4H3. The van der Waals surface area contributed by atoms with Crippen molar-refractivity contribution >= 4 is 22.5 Å². The number of benzene rings is 2. The minimum atomic E-state index is 0.810. The molecule has 0 bridgehead atoms. The molecular weight excluding hydrogens is 384 g/mol. The quantitative estimate of drug-likeness (QED) is 0.500. The average Bonchev–Trinajstić information content (AvgIpc) is 3.12. The minimum Gasteiger partial charge on any atom is -0.368 e. The van der Waals surface area contributed by atoms with Crippen LogP contribution in [-0.4, -0.2) is 45.9 Å². The highest BCUT2D eigenvalue weighted by Gasteiger charge is 2.24. The molecule has 2 aromatic heterocycles. The molecular formula is C25H28N6. The summed E-state index contributed by atoms with van der Waals surface area (Å²) in [6.07, 6.45) is 0. The van der Waals surface area contributed by atoms with Crippen molar-refractivity contribution in [3.05, 3.63) is 71.0 Å². The second-order valence-corrected chi connectivity index (χ2v) is 8.46. The molecule has 6 nitrogen and oxygen atoms in total. The van der Waals surface area contributed by atoms with Crippen molar-refractivity contribution in [3.63, 3.8) is 0 Å². The Morgan fingerprint density at radius 2 is 1.35 bits per heavy atom. The Morgan fingerprint density at radius 3 is 2.00 bits per heavy atom. The van der Waals surface area contributed by atoms with E-state index in [0.717, 1.165) is 60.2 Å². The zero-order chi connectivity index (χ0) is 21.5. The first-order valence-corrected chi connectivity index (χ1v) is 10.9. The Bertz CT molecular complexity index is 1250. The van der Waals surface area contributed by atoms with Crippen LogP contribution >= 0.6 is 0 Å². The molecule has 0 aliphatic carbocycles. The second-order valence-electron chi connectivity index (χ2n) is 8.46. The smallest absolute Gasteiger partial charge is 0.197 e. The predicted octanol–water partition coefficient (Wildman–Crippen LogP) is 4.38. The van der Waals surface area contributed by atoms with E-state index < -0.39 is 0 Å². The van der Waals surface area contributed by atoms with Gasteiger partial charge in [-0.2, -0.15) is 5.10 Å². The third-order valence-electron chi connectivity index (χ3n) is 6.03. The molecule has 6 heteroatoms. The summed E-state index contributed by atoms with van der Waals surface area (Å²) in [6.45, 7) is 12.1. The fraction of sp³-hybridized carbons (Fsp3) is 0.320. The number of nitrogens with zero attached hydrogens (tertiary/aromatic N) is 6. The summed E-state index contributed by atoms with van der Waals surface area (Å²) in [5.41, 5.74) is 7.82. The summed E-state index contributed by atoms with van der Waals surface area (Å²) in [5, 5.41) is 4.70. The molecule has 0 unspecified atom stereocenters. The fourth-order valence-electron chi connectivity index (χ4n) is 4.40. The molecule has 0 atom stereocenters. The van der Waals surface area contributed by atoms with Crippen LogP contribution in [0.3, 0.4) is 0 Å². The van der Waals surface area contributed by atoms with Gasteiger partial charge < -0.3 is 9.80 Å². The van der Waals surface area contributed by atoms with Crippen molar-refractivity contribution in [3.8, 4) is 5.82 Å². The SMILES string of the molecule is Cc1ccc(C)c(N2CCN(c3nc4ccccc4nc3-n3nc(C)cc3C)CC2)c1. The Morgan fingerprint density at radius 1 is 0.710 bits per heavy atom. The van der Waals surface area contributed by atoms with Gasteiger partial charge in [-0.3, -0.25) is 0 Å². The first-order chi connectivity index (χ1) is 15.0. The second kappa shape index (κ2) is 7.69. The van der Waals surface area contributed by atoms with Crippen LogP contribution in [0.1, 0.15) is 22.5 Å². The van der Waals surface area contributed by atoms with Gasteiger partial charge in [0.1, 0.15) is 0 Å². The van der Waals surface area contributed by atoms with Crippen LogP contribution in [0.2, 0.25) is 0 Å². The van der Waals surface area contributed by atoms with Crippen LogP contribution in [0.25, 0.3) is 16.9 Å². The Hall–Kier alpha value is -3.41. The van der Waals surface area contributed by atoms with Crippen molar-refractivity contribution in [2.45, 2.75) is 27.7 Å². The summed E-state index contributed by atoms with van der Waals surface area (Å²) >= 11 is 0. The maximum absolute atomic E-state index is 5.04. The Balaban J connectivity index is 1.51. The van der Waals surface area contributed by atoms with Gasteiger partial charge in [0.15, 0.2) is 11.6 Å². The Kier molecular flexibility index (Phi) is 4.85. The topological polar surface area (TPSA) is 50.1 Å². The third-order valence-corrected chi connectivity index (χ3v) is 6.03. The minimum absolute atomic E-state index is 0.810. The molecule has 1 aliphatic rings. The molecule has 0 saturated carbocycles. The van der Waals surface area contributed by atoms with E-state index in [1.54, 1.807) is 0 Å². The lowest BCUT2D eigenvalue weighted by Crippen LogP contribution is -2.47. The number of hydrogen-bond donors (Lipinski definition) is 0. The highest BCUT2D eigenvalue weighted by molar-refractivity contribution is 5.78. The predicted molar refractivity (Wildman–Crippen MR) is 126 cm³/mol. The molecule has 0 spiro atoms. The van der Waals surface area contributed by atoms with Gasteiger partial charge in [-0.05, 0) is 63.1 Å². The van der Waals surface area contributed by atoms with Gasteiger partial charge in [0, 0.05) is 37.6 Å². The zero-order valence-corrected chi connectivity index (χ0v) is 18.6. The number of aryl methyl sites for hydroxylation is 4. The third kappa shape index (κ3) is 3.63. The molecule has 0 amide bonds. The number of anilines is 2. The average molecular weight is 413 g/mol. The molecule has 0 radical (unpaired) electrons. The first-order valence-electron chi connectivity index (χ1n) is 10.9. The van der Waals surface area contributed by atoms with Crippen LogP contribution in [0.15, 0.2) is 48.5 Å². The van der Waals surface area contributed by atoms with Gasteiger partial charge in [-0.1, -0.05) is 24.3 Å². The number of fused-ring (bicyclic) bond motifs is 1. The highest BCUT2D eigenvalue weighted by Crippen LogP contribution is 2.28. The molecule has 1 fully saturated rings. The maximum Gasteiger partial charge on any atom is 0.197 e. The van der Waals surface area contributed by atoms with Crippen LogP contribution < -0.4 is 9.80 Å². The van der Waals surface area contributed by atoms with Crippen molar-refractivity contribution in [1.82, 2.24) is 19.7 Å². The molecule has 1 aliphatic heterocycles. The lowest BCUT2D eigenvalue weighted by atomic mass is 10.1. The summed E-state index contributed by atoms with van der Waals surface area (Å²) < 4.78 is 1.93. The molecule has 1 saturated heterocycles. The van der Waals surface area contributed by atoms with E-state index in [2.05, 4.69) is 54.8 Å². The summed E-state index contributed by atoms with van der Waals surface area (Å²) in [6, 6.07) is 16.8. The van der Waals surface area contributed by atoms with Gasteiger partial charge in [0.2, 0.25) is 0 Å². The van der Waals surface area contributed by atoms with Crippen molar-refractivity contribution in [2.75, 3.05) is 36.0 Å². The highest BCUT2D eigenvalue weighted by atomic mass is 15.4. The van der Waals surface area contributed by atoms with Gasteiger partial charge in [-0.15, -0.1) is 0 Å². The molecule has 3 heterocycles. The number of piperazine rings is 1. The number of para-hydroxylation sites is 2. The van der Waals surface area contributed by atoms with Crippen LogP contribution in [0.4, 0.5) is 11.5 Å². The van der Waals surface area contributed by atoms with Crippen LogP contribution in [0, 0.1) is 27.7 Å². The van der Waals surface area contributed by atoms with E-state index in [4.69, 9.17) is 15.1 Å². The summed E-state index contributed by atoms with van der Waals surface area (Å²) in [5.74, 6) is 1.72. The van der Waals surface area contributed by atoms with E-state index in [9.17, 15) is 0 Å². The van der Waals surface area contributed by atoms with Crippen molar-refractivity contribution in [2.24, 2.45) is 0 Å². The lowest BCUT2D eigenvalue weighted by molar-refractivity contribution is 0.641. The summed E-state index contributed by atoms with van der Waals surface area (Å²) in [4.78, 5) is 14.9. The molecule has 5 rings (SSSR count).